The van der Waals surface area contributed by atoms with Crippen molar-refractivity contribution in [2.75, 3.05) is 6.61 Å². The van der Waals surface area contributed by atoms with E-state index in [1.807, 2.05) is 43.3 Å². The summed E-state index contributed by atoms with van der Waals surface area (Å²) in [6.07, 6.45) is 1.61. The molecular formula is C21H17BrN4O3S. The quantitative estimate of drug-likeness (QED) is 0.601. The van der Waals surface area contributed by atoms with Crippen LogP contribution in [0.5, 0.6) is 11.5 Å². The predicted molar refractivity (Wildman–Crippen MR) is 122 cm³/mol. The molecule has 0 aromatic heterocycles. The highest BCUT2D eigenvalue weighted by Crippen LogP contribution is 2.38. The van der Waals surface area contributed by atoms with Crippen molar-refractivity contribution in [3.8, 4) is 11.5 Å². The Bertz CT molecular complexity index is 1100. The van der Waals surface area contributed by atoms with Crippen LogP contribution in [0.4, 0.5) is 0 Å². The Balaban J connectivity index is 1.64. The van der Waals surface area contributed by atoms with E-state index in [9.17, 15) is 4.79 Å². The first-order valence-electron chi connectivity index (χ1n) is 9.12. The maximum atomic E-state index is 12.4. The van der Waals surface area contributed by atoms with Gasteiger partial charge in [-0.15, -0.1) is 0 Å². The van der Waals surface area contributed by atoms with E-state index in [4.69, 9.17) is 14.9 Å². The summed E-state index contributed by atoms with van der Waals surface area (Å²) in [5, 5.41) is 14.1. The third-order valence-corrected chi connectivity index (χ3v) is 5.53. The Labute approximate surface area is 186 Å². The van der Waals surface area contributed by atoms with Crippen LogP contribution in [0.3, 0.4) is 0 Å². The van der Waals surface area contributed by atoms with Crippen molar-refractivity contribution in [2.24, 2.45) is 10.1 Å². The van der Waals surface area contributed by atoms with Gasteiger partial charge < -0.3 is 9.47 Å². The van der Waals surface area contributed by atoms with Gasteiger partial charge in [0.2, 0.25) is 0 Å². The Hall–Kier alpha value is -2.91. The van der Waals surface area contributed by atoms with Crippen molar-refractivity contribution in [1.29, 1.82) is 5.41 Å². The number of hydrogen-bond donors (Lipinski definition) is 1. The molecule has 0 spiro atoms. The van der Waals surface area contributed by atoms with Crippen LogP contribution in [-0.2, 0) is 11.4 Å². The fourth-order valence-corrected chi connectivity index (χ4v) is 4.09. The molecule has 0 saturated carbocycles. The summed E-state index contributed by atoms with van der Waals surface area (Å²) >= 11 is 4.75. The van der Waals surface area contributed by atoms with Gasteiger partial charge in [-0.2, -0.15) is 15.1 Å². The molecule has 0 unspecified atom stereocenters. The molecule has 9 heteroatoms. The van der Waals surface area contributed by atoms with Crippen LogP contribution in [0, 0.1) is 5.41 Å². The van der Waals surface area contributed by atoms with Crippen molar-refractivity contribution in [3.63, 3.8) is 0 Å². The number of fused-ring (bicyclic) bond motifs is 1. The number of halogens is 1. The van der Waals surface area contributed by atoms with E-state index in [2.05, 4.69) is 26.0 Å². The minimum atomic E-state index is -0.470. The van der Waals surface area contributed by atoms with Crippen molar-refractivity contribution in [1.82, 2.24) is 5.01 Å². The molecule has 0 radical (unpaired) electrons. The standard InChI is InChI=1S/C21H17BrN4O3S/c1-2-28-17-10-14(8-15-19(23)26-21(25-20(15)27)30-12-24-26)9-16(22)18(17)29-11-13-6-4-3-5-7-13/h3-10,12,23H,2,11H2,1H3/b15-8+,23-19?. The summed E-state index contributed by atoms with van der Waals surface area (Å²) in [6, 6.07) is 13.4. The molecule has 2 aromatic rings. The Morgan fingerprint density at radius 2 is 2.03 bits per heavy atom. The molecule has 152 valence electrons. The Morgan fingerprint density at radius 3 is 2.80 bits per heavy atom. The van der Waals surface area contributed by atoms with Crippen LogP contribution in [-0.4, -0.2) is 34.1 Å². The van der Waals surface area contributed by atoms with Gasteiger partial charge in [0.05, 0.1) is 22.2 Å². The first-order chi connectivity index (χ1) is 14.6. The molecule has 1 N–H and O–H groups in total. The molecule has 2 aliphatic rings. The first-order valence-corrected chi connectivity index (χ1v) is 10.8. The molecule has 30 heavy (non-hydrogen) atoms. The third kappa shape index (κ3) is 4.17. The topological polar surface area (TPSA) is 87.3 Å². The predicted octanol–water partition coefficient (Wildman–Crippen LogP) is 4.68. The molecule has 0 saturated heterocycles. The van der Waals surface area contributed by atoms with Crippen molar-refractivity contribution in [2.45, 2.75) is 13.5 Å². The number of nitrogens with zero attached hydrogens (tertiary/aromatic N) is 3. The van der Waals surface area contributed by atoms with Gasteiger partial charge in [0, 0.05) is 0 Å². The molecule has 0 fully saturated rings. The van der Waals surface area contributed by atoms with Gasteiger partial charge in [-0.3, -0.25) is 10.2 Å². The smallest absolute Gasteiger partial charge is 0.283 e. The van der Waals surface area contributed by atoms with Crippen LogP contribution in [0.2, 0.25) is 0 Å². The van der Waals surface area contributed by atoms with Gasteiger partial charge >= 0.3 is 0 Å². The van der Waals surface area contributed by atoms with Gasteiger partial charge in [0.1, 0.15) is 6.61 Å². The number of hydrogen-bond acceptors (Lipinski definition) is 6. The summed E-state index contributed by atoms with van der Waals surface area (Å²) in [7, 11) is 0. The number of ether oxygens (including phenoxy) is 2. The largest absolute Gasteiger partial charge is 0.490 e. The number of thioether (sulfide) groups is 1. The molecule has 0 bridgehead atoms. The lowest BCUT2D eigenvalue weighted by Crippen LogP contribution is -2.35. The molecule has 2 aromatic carbocycles. The highest BCUT2D eigenvalue weighted by molar-refractivity contribution is 9.10. The van der Waals surface area contributed by atoms with E-state index >= 15 is 0 Å². The van der Waals surface area contributed by atoms with E-state index in [0.717, 1.165) is 5.56 Å². The maximum absolute atomic E-state index is 12.4. The lowest BCUT2D eigenvalue weighted by Gasteiger charge is -2.20. The molecule has 0 atom stereocenters. The van der Waals surface area contributed by atoms with Crippen LogP contribution < -0.4 is 9.47 Å². The van der Waals surface area contributed by atoms with Crippen LogP contribution in [0.15, 0.2) is 62.6 Å². The fourth-order valence-electron chi connectivity index (χ4n) is 2.91. The minimum Gasteiger partial charge on any atom is -0.490 e. The molecule has 1 amide bonds. The lowest BCUT2D eigenvalue weighted by molar-refractivity contribution is -0.114. The highest BCUT2D eigenvalue weighted by Gasteiger charge is 2.32. The number of amides is 1. The van der Waals surface area contributed by atoms with Crippen molar-refractivity contribution >= 4 is 56.2 Å². The summed E-state index contributed by atoms with van der Waals surface area (Å²) < 4.78 is 12.5. The number of amidine groups is 2. The second-order valence-electron chi connectivity index (χ2n) is 6.29. The SMILES string of the molecule is CCOc1cc(/C=C2\C(=N)N3N=CSC3=NC2=O)cc(Br)c1OCc1ccccc1. The first kappa shape index (κ1) is 20.4. The summed E-state index contributed by atoms with van der Waals surface area (Å²) in [5.41, 5.74) is 3.43. The molecule has 2 aliphatic heterocycles. The Kier molecular flexibility index (Phi) is 6.01. The van der Waals surface area contributed by atoms with Gasteiger partial charge in [0.25, 0.3) is 5.91 Å². The average molecular weight is 485 g/mol. The molecule has 4 rings (SSSR count). The second-order valence-corrected chi connectivity index (χ2v) is 7.96. The fraction of sp³-hybridized carbons (Fsp3) is 0.143. The van der Waals surface area contributed by atoms with Crippen LogP contribution in [0.25, 0.3) is 6.08 Å². The van der Waals surface area contributed by atoms with Gasteiger partial charge in [-0.25, -0.2) is 0 Å². The van der Waals surface area contributed by atoms with Crippen LogP contribution in [0.1, 0.15) is 18.1 Å². The monoisotopic (exact) mass is 484 g/mol. The molecule has 0 aliphatic carbocycles. The van der Waals surface area contributed by atoms with Crippen molar-refractivity contribution < 1.29 is 14.3 Å². The van der Waals surface area contributed by atoms with Gasteiger partial charge in [0.15, 0.2) is 22.5 Å². The highest BCUT2D eigenvalue weighted by atomic mass is 79.9. The maximum Gasteiger partial charge on any atom is 0.283 e. The summed E-state index contributed by atoms with van der Waals surface area (Å²) in [5.74, 6) is 0.643. The number of carbonyl (C=O) groups excluding carboxylic acids is 1. The molecular weight excluding hydrogens is 468 g/mol. The zero-order valence-corrected chi connectivity index (χ0v) is 18.4. The van der Waals surface area contributed by atoms with Crippen LogP contribution >= 0.6 is 27.7 Å². The van der Waals surface area contributed by atoms with E-state index in [1.54, 1.807) is 17.7 Å². The van der Waals surface area contributed by atoms with E-state index in [0.29, 0.717) is 39.9 Å². The molecule has 2 heterocycles. The zero-order valence-electron chi connectivity index (χ0n) is 16.0. The minimum absolute atomic E-state index is 0.00950. The average Bonchev–Trinajstić information content (AvgIpc) is 3.20. The number of aliphatic imine (C=N–C) groups is 1. The van der Waals surface area contributed by atoms with E-state index < -0.39 is 5.91 Å². The van der Waals surface area contributed by atoms with E-state index in [1.165, 1.54) is 16.8 Å². The van der Waals surface area contributed by atoms with Gasteiger partial charge in [-0.1, -0.05) is 30.3 Å². The number of benzene rings is 2. The molecule has 7 nitrogen and oxygen atoms in total. The van der Waals surface area contributed by atoms with Gasteiger partial charge in [-0.05, 0) is 64.0 Å². The second kappa shape index (κ2) is 8.85. The zero-order chi connectivity index (χ0) is 21.1. The van der Waals surface area contributed by atoms with Crippen molar-refractivity contribution in [3.05, 3.63) is 63.6 Å². The number of rotatable bonds is 6. The summed E-state index contributed by atoms with van der Waals surface area (Å²) in [4.78, 5) is 16.4. The Morgan fingerprint density at radius 1 is 1.23 bits per heavy atom. The van der Waals surface area contributed by atoms with E-state index in [-0.39, 0.29) is 11.4 Å². The number of nitrogens with one attached hydrogen (secondary N) is 1. The third-order valence-electron chi connectivity index (χ3n) is 4.27. The normalized spacial score (nSPS) is 16.7. The number of carbonyl (C=O) groups is 1. The summed E-state index contributed by atoms with van der Waals surface area (Å²) in [6.45, 7) is 2.74. The number of hydrazone groups is 1. The lowest BCUT2D eigenvalue weighted by atomic mass is 10.1.